The molecule has 4 rings (SSSR count). The zero-order chi connectivity index (χ0) is 20.4. The fourth-order valence-electron chi connectivity index (χ4n) is 3.09. The van der Waals surface area contributed by atoms with Crippen molar-refractivity contribution in [3.8, 4) is 11.8 Å². The first kappa shape index (κ1) is 19.3. The van der Waals surface area contributed by atoms with Gasteiger partial charge in [-0.05, 0) is 18.1 Å². The maximum atomic E-state index is 10.3. The molecule has 1 saturated heterocycles. The number of aliphatic hydroxyl groups is 3. The third kappa shape index (κ3) is 3.65. The van der Waals surface area contributed by atoms with E-state index < -0.39 is 31.1 Å². The molecular weight excluding hydrogens is 378 g/mol. The minimum Gasteiger partial charge on any atom is -0.394 e. The standard InChI is InChI=1S/C19H19N5O5/c1-28-23-17-14-18(22-13(21-17)8-7-11-5-3-2-4-6-11)24(10-20-14)19-16(27)15(26)12(9-25)29-19/h2-6,10,12,15-16,19,25-27H,9H2,1H3,(H,21,22,23). The first-order valence-corrected chi connectivity index (χ1v) is 8.85. The quantitative estimate of drug-likeness (QED) is 0.349. The van der Waals surface area contributed by atoms with Crippen LogP contribution in [0.4, 0.5) is 5.82 Å². The Balaban J connectivity index is 1.78. The molecule has 1 aliphatic heterocycles. The molecule has 0 amide bonds. The van der Waals surface area contributed by atoms with E-state index in [9.17, 15) is 15.3 Å². The molecule has 10 nitrogen and oxygen atoms in total. The summed E-state index contributed by atoms with van der Waals surface area (Å²) >= 11 is 0. The molecular formula is C19H19N5O5. The fraction of sp³-hybridized carbons (Fsp3) is 0.316. The Hall–Kier alpha value is -3.07. The number of nitrogens with zero attached hydrogens (tertiary/aromatic N) is 4. The number of fused-ring (bicyclic) bond motifs is 1. The van der Waals surface area contributed by atoms with Crippen LogP contribution in [0.5, 0.6) is 0 Å². The second-order valence-electron chi connectivity index (χ2n) is 6.37. The summed E-state index contributed by atoms with van der Waals surface area (Å²) in [6.07, 6.45) is -2.99. The van der Waals surface area contributed by atoms with Crippen LogP contribution < -0.4 is 5.48 Å². The third-order valence-corrected chi connectivity index (χ3v) is 4.50. The van der Waals surface area contributed by atoms with Crippen LogP contribution in [0.1, 0.15) is 17.6 Å². The van der Waals surface area contributed by atoms with Crippen LogP contribution in [0.15, 0.2) is 36.7 Å². The lowest BCUT2D eigenvalue weighted by atomic mass is 10.1. The minimum absolute atomic E-state index is 0.203. The Morgan fingerprint density at radius 1 is 1.17 bits per heavy atom. The van der Waals surface area contributed by atoms with E-state index in [-0.39, 0.29) is 5.82 Å². The van der Waals surface area contributed by atoms with Crippen LogP contribution in [0.3, 0.4) is 0 Å². The van der Waals surface area contributed by atoms with E-state index in [1.807, 2.05) is 30.3 Å². The van der Waals surface area contributed by atoms with Crippen molar-refractivity contribution in [2.45, 2.75) is 24.5 Å². The van der Waals surface area contributed by atoms with Gasteiger partial charge in [0.25, 0.3) is 0 Å². The Labute approximate surface area is 165 Å². The van der Waals surface area contributed by atoms with Crippen molar-refractivity contribution in [3.63, 3.8) is 0 Å². The van der Waals surface area contributed by atoms with Crippen LogP contribution in [-0.2, 0) is 9.57 Å². The topological polar surface area (TPSA) is 135 Å². The van der Waals surface area contributed by atoms with E-state index in [4.69, 9.17) is 9.57 Å². The summed E-state index contributed by atoms with van der Waals surface area (Å²) in [5.41, 5.74) is 4.14. The zero-order valence-electron chi connectivity index (χ0n) is 15.4. The summed E-state index contributed by atoms with van der Waals surface area (Å²) < 4.78 is 7.05. The summed E-state index contributed by atoms with van der Waals surface area (Å²) in [5.74, 6) is 6.37. The van der Waals surface area contributed by atoms with E-state index >= 15 is 0 Å². The first-order valence-electron chi connectivity index (χ1n) is 8.85. The molecule has 1 aliphatic rings. The molecule has 4 N–H and O–H groups in total. The van der Waals surface area contributed by atoms with Crippen molar-refractivity contribution in [2.24, 2.45) is 0 Å². The van der Waals surface area contributed by atoms with Crippen LogP contribution >= 0.6 is 0 Å². The average Bonchev–Trinajstić information content (AvgIpc) is 3.29. The van der Waals surface area contributed by atoms with Crippen LogP contribution in [0, 0.1) is 11.8 Å². The van der Waals surface area contributed by atoms with E-state index in [1.165, 1.54) is 18.0 Å². The molecule has 0 radical (unpaired) electrons. The van der Waals surface area contributed by atoms with Gasteiger partial charge in [-0.25, -0.2) is 15.4 Å². The van der Waals surface area contributed by atoms with Crippen molar-refractivity contribution < 1.29 is 24.9 Å². The molecule has 2 aromatic heterocycles. The van der Waals surface area contributed by atoms with Gasteiger partial charge in [-0.1, -0.05) is 24.1 Å². The summed E-state index contributed by atoms with van der Waals surface area (Å²) in [4.78, 5) is 18.0. The summed E-state index contributed by atoms with van der Waals surface area (Å²) in [6.45, 7) is -0.430. The van der Waals surface area contributed by atoms with Gasteiger partial charge in [0.15, 0.2) is 23.2 Å². The number of hydrogen-bond donors (Lipinski definition) is 4. The van der Waals surface area contributed by atoms with Crippen LogP contribution in [0.25, 0.3) is 11.2 Å². The molecule has 0 saturated carbocycles. The van der Waals surface area contributed by atoms with Crippen molar-refractivity contribution >= 4 is 17.0 Å². The van der Waals surface area contributed by atoms with Crippen LogP contribution in [-0.4, -0.2) is 66.9 Å². The Morgan fingerprint density at radius 2 is 1.97 bits per heavy atom. The third-order valence-electron chi connectivity index (χ3n) is 4.50. The molecule has 29 heavy (non-hydrogen) atoms. The van der Waals surface area contributed by atoms with Gasteiger partial charge in [-0.3, -0.25) is 9.40 Å². The van der Waals surface area contributed by atoms with Crippen molar-refractivity contribution in [1.29, 1.82) is 0 Å². The SMILES string of the molecule is CONc1nc(C#Cc2ccccc2)nc2c1ncn2C1OC(CO)C(O)C1O. The number of anilines is 1. The minimum atomic E-state index is -1.27. The lowest BCUT2D eigenvalue weighted by Crippen LogP contribution is -2.33. The highest BCUT2D eigenvalue weighted by Crippen LogP contribution is 2.32. The molecule has 4 unspecified atom stereocenters. The number of nitrogens with one attached hydrogen (secondary N) is 1. The maximum Gasteiger partial charge on any atom is 0.209 e. The van der Waals surface area contributed by atoms with Crippen LogP contribution in [0.2, 0.25) is 0 Å². The smallest absolute Gasteiger partial charge is 0.209 e. The second kappa shape index (κ2) is 8.12. The van der Waals surface area contributed by atoms with Gasteiger partial charge >= 0.3 is 0 Å². The summed E-state index contributed by atoms with van der Waals surface area (Å²) in [5, 5.41) is 29.7. The van der Waals surface area contributed by atoms with Gasteiger partial charge < -0.3 is 20.1 Å². The molecule has 3 aromatic rings. The van der Waals surface area contributed by atoms with E-state index in [0.717, 1.165) is 5.56 Å². The van der Waals surface area contributed by atoms with Crippen molar-refractivity contribution in [2.75, 3.05) is 19.2 Å². The number of ether oxygens (including phenoxy) is 1. The Morgan fingerprint density at radius 3 is 2.66 bits per heavy atom. The van der Waals surface area contributed by atoms with E-state index in [2.05, 4.69) is 32.3 Å². The first-order chi connectivity index (χ1) is 14.1. The largest absolute Gasteiger partial charge is 0.394 e. The zero-order valence-corrected chi connectivity index (χ0v) is 15.4. The molecule has 0 spiro atoms. The Kier molecular flexibility index (Phi) is 5.39. The molecule has 10 heteroatoms. The van der Waals surface area contributed by atoms with Crippen molar-refractivity contribution in [1.82, 2.24) is 19.5 Å². The monoisotopic (exact) mass is 397 g/mol. The number of hydrogen-bond acceptors (Lipinski definition) is 9. The van der Waals surface area contributed by atoms with Gasteiger partial charge in [-0.2, -0.15) is 4.98 Å². The fourth-order valence-corrected chi connectivity index (χ4v) is 3.09. The molecule has 3 heterocycles. The highest BCUT2D eigenvalue weighted by Gasteiger charge is 2.44. The number of benzene rings is 1. The molecule has 4 atom stereocenters. The molecule has 1 aromatic carbocycles. The normalized spacial score (nSPS) is 23.7. The molecule has 0 aliphatic carbocycles. The second-order valence-corrected chi connectivity index (χ2v) is 6.37. The lowest BCUT2D eigenvalue weighted by molar-refractivity contribution is -0.0511. The lowest BCUT2D eigenvalue weighted by Gasteiger charge is -2.16. The maximum absolute atomic E-state index is 10.3. The molecule has 1 fully saturated rings. The van der Waals surface area contributed by atoms with E-state index in [1.54, 1.807) is 0 Å². The predicted octanol–water partition coefficient (Wildman–Crippen LogP) is -0.189. The van der Waals surface area contributed by atoms with Gasteiger partial charge in [0.2, 0.25) is 5.82 Å². The van der Waals surface area contributed by atoms with Gasteiger partial charge in [0.1, 0.15) is 18.3 Å². The number of aromatic nitrogens is 4. The van der Waals surface area contributed by atoms with Gasteiger partial charge in [0, 0.05) is 5.56 Å². The number of aliphatic hydroxyl groups excluding tert-OH is 3. The summed E-state index contributed by atoms with van der Waals surface area (Å²) in [6, 6.07) is 9.38. The van der Waals surface area contributed by atoms with Gasteiger partial charge in [-0.15, -0.1) is 0 Å². The highest BCUT2D eigenvalue weighted by atomic mass is 16.6. The number of rotatable bonds is 4. The van der Waals surface area contributed by atoms with Gasteiger partial charge in [0.05, 0.1) is 20.0 Å². The average molecular weight is 397 g/mol. The molecule has 0 bridgehead atoms. The Bertz CT molecular complexity index is 1060. The predicted molar refractivity (Wildman–Crippen MR) is 101 cm³/mol. The molecule has 150 valence electrons. The van der Waals surface area contributed by atoms with Crippen molar-refractivity contribution in [3.05, 3.63) is 48.0 Å². The summed E-state index contributed by atoms with van der Waals surface area (Å²) in [7, 11) is 1.44. The van der Waals surface area contributed by atoms with E-state index in [0.29, 0.717) is 17.0 Å². The number of imidazole rings is 1. The highest BCUT2D eigenvalue weighted by molar-refractivity contribution is 5.83.